The second-order valence-corrected chi connectivity index (χ2v) is 6.19. The van der Waals surface area contributed by atoms with Crippen molar-refractivity contribution in [2.45, 2.75) is 38.8 Å². The first-order chi connectivity index (χ1) is 9.49. The normalized spacial score (nSPS) is 18.7. The van der Waals surface area contributed by atoms with Gasteiger partial charge < -0.3 is 9.84 Å². The van der Waals surface area contributed by atoms with Gasteiger partial charge in [0.1, 0.15) is 11.9 Å². The number of rotatable bonds is 6. The van der Waals surface area contributed by atoms with E-state index in [1.54, 1.807) is 0 Å². The molecule has 1 aromatic rings. The lowest BCUT2D eigenvalue weighted by Gasteiger charge is -2.28. The number of carboxylic acid groups (broad SMARTS) is 1. The number of carboxylic acids is 1. The minimum Gasteiger partial charge on any atom is -0.488 e. The van der Waals surface area contributed by atoms with Crippen LogP contribution in [0.15, 0.2) is 22.7 Å². The van der Waals surface area contributed by atoms with Crippen molar-refractivity contribution in [2.24, 2.45) is 0 Å². The number of nitrogens with zero attached hydrogens (tertiary/aromatic N) is 1. The Hall–Kier alpha value is -1.07. The van der Waals surface area contributed by atoms with Crippen molar-refractivity contribution in [3.63, 3.8) is 0 Å². The Kier molecular flexibility index (Phi) is 5.05. The summed E-state index contributed by atoms with van der Waals surface area (Å²) in [7, 11) is 0. The predicted octanol–water partition coefficient (Wildman–Crippen LogP) is 2.94. The lowest BCUT2D eigenvalue weighted by Crippen LogP contribution is -2.43. The van der Waals surface area contributed by atoms with E-state index in [4.69, 9.17) is 9.84 Å². The fourth-order valence-electron chi connectivity index (χ4n) is 2.48. The van der Waals surface area contributed by atoms with Gasteiger partial charge >= 0.3 is 5.97 Å². The first kappa shape index (κ1) is 15.3. The zero-order valence-corrected chi connectivity index (χ0v) is 13.4. The van der Waals surface area contributed by atoms with Crippen molar-refractivity contribution in [1.82, 2.24) is 4.90 Å². The summed E-state index contributed by atoms with van der Waals surface area (Å²) in [5, 5.41) is 9.02. The highest BCUT2D eigenvalue weighted by molar-refractivity contribution is 9.10. The summed E-state index contributed by atoms with van der Waals surface area (Å²) in [4.78, 5) is 13.0. The van der Waals surface area contributed by atoms with Crippen LogP contribution in [0.4, 0.5) is 0 Å². The molecule has 1 aliphatic heterocycles. The van der Waals surface area contributed by atoms with E-state index in [1.165, 1.54) is 5.56 Å². The Morgan fingerprint density at radius 3 is 3.00 bits per heavy atom. The molecule has 0 amide bonds. The number of carbonyl (C=O) groups is 1. The van der Waals surface area contributed by atoms with Crippen LogP contribution in [0.5, 0.6) is 5.75 Å². The third kappa shape index (κ3) is 3.73. The summed E-state index contributed by atoms with van der Waals surface area (Å²) in [5.74, 6) is 0.126. The summed E-state index contributed by atoms with van der Waals surface area (Å²) >= 11 is 3.46. The summed E-state index contributed by atoms with van der Waals surface area (Å²) < 4.78 is 6.96. The molecule has 0 aliphatic carbocycles. The lowest BCUT2D eigenvalue weighted by atomic mass is 10.1. The summed E-state index contributed by atoms with van der Waals surface area (Å²) in [6.07, 6.45) is 1.80. The van der Waals surface area contributed by atoms with Crippen molar-refractivity contribution in [3.05, 3.63) is 28.2 Å². The number of hydrogen-bond donors (Lipinski definition) is 1. The highest BCUT2D eigenvalue weighted by Gasteiger charge is 2.27. The molecule has 1 N–H and O–H groups in total. The Balaban J connectivity index is 2.01. The van der Waals surface area contributed by atoms with E-state index in [0.717, 1.165) is 23.1 Å². The van der Waals surface area contributed by atoms with Crippen LogP contribution in [-0.4, -0.2) is 41.2 Å². The molecule has 5 heteroatoms. The second kappa shape index (κ2) is 6.59. The maximum atomic E-state index is 11.0. The van der Waals surface area contributed by atoms with Crippen LogP contribution < -0.4 is 4.74 Å². The van der Waals surface area contributed by atoms with Gasteiger partial charge in [-0.05, 0) is 37.1 Å². The van der Waals surface area contributed by atoms with Gasteiger partial charge in [-0.2, -0.15) is 0 Å². The van der Waals surface area contributed by atoms with Crippen LogP contribution in [0.3, 0.4) is 0 Å². The zero-order chi connectivity index (χ0) is 14.7. The van der Waals surface area contributed by atoms with Crippen molar-refractivity contribution in [1.29, 1.82) is 0 Å². The van der Waals surface area contributed by atoms with Crippen molar-refractivity contribution in [2.75, 3.05) is 13.1 Å². The van der Waals surface area contributed by atoms with Crippen LogP contribution in [0, 0.1) is 0 Å². The van der Waals surface area contributed by atoms with Crippen LogP contribution >= 0.6 is 15.9 Å². The quantitative estimate of drug-likeness (QED) is 0.864. The van der Waals surface area contributed by atoms with Crippen LogP contribution in [0.25, 0.3) is 0 Å². The van der Waals surface area contributed by atoms with Crippen molar-refractivity contribution in [3.8, 4) is 5.75 Å². The molecule has 1 aromatic carbocycles. The van der Waals surface area contributed by atoms with Crippen LogP contribution in [0.1, 0.15) is 25.8 Å². The number of hydrogen-bond acceptors (Lipinski definition) is 3. The van der Waals surface area contributed by atoms with Gasteiger partial charge in [0.2, 0.25) is 0 Å². The average Bonchev–Trinajstić information content (AvgIpc) is 2.77. The third-order valence-electron chi connectivity index (χ3n) is 3.75. The molecule has 1 aliphatic rings. The summed E-state index contributed by atoms with van der Waals surface area (Å²) in [5.41, 5.74) is 1.18. The van der Waals surface area contributed by atoms with E-state index in [9.17, 15) is 4.79 Å². The van der Waals surface area contributed by atoms with Crippen LogP contribution in [0.2, 0.25) is 0 Å². The van der Waals surface area contributed by atoms with E-state index >= 15 is 0 Å². The Morgan fingerprint density at radius 2 is 2.35 bits per heavy atom. The summed E-state index contributed by atoms with van der Waals surface area (Å²) in [6, 6.07) is 6.24. The molecule has 0 saturated carbocycles. The first-order valence-corrected chi connectivity index (χ1v) is 7.69. The minimum absolute atomic E-state index is 0.0349. The molecule has 0 radical (unpaired) electrons. The average molecular weight is 342 g/mol. The maximum Gasteiger partial charge on any atom is 0.317 e. The Labute approximate surface area is 127 Å². The van der Waals surface area contributed by atoms with Gasteiger partial charge in [-0.1, -0.05) is 22.9 Å². The van der Waals surface area contributed by atoms with Crippen molar-refractivity contribution >= 4 is 21.9 Å². The molecule has 2 unspecified atom stereocenters. The predicted molar refractivity (Wildman–Crippen MR) is 81.2 cm³/mol. The highest BCUT2D eigenvalue weighted by Crippen LogP contribution is 2.31. The van der Waals surface area contributed by atoms with Crippen LogP contribution in [-0.2, 0) is 11.2 Å². The first-order valence-electron chi connectivity index (χ1n) is 6.90. The lowest BCUT2D eigenvalue weighted by molar-refractivity contribution is -0.139. The molecular formula is C15H20BrNO3. The standard InChI is InChI=1S/C15H20BrNO3/c1-3-10(2)17(9-15(18)19)8-13-7-11-6-12(16)4-5-14(11)20-13/h4-6,10,13H,3,7-9H2,1-2H3,(H,18,19). The van der Waals surface area contributed by atoms with Gasteiger partial charge in [0.05, 0.1) is 6.54 Å². The monoisotopic (exact) mass is 341 g/mol. The molecule has 2 atom stereocenters. The highest BCUT2D eigenvalue weighted by atomic mass is 79.9. The molecule has 1 heterocycles. The third-order valence-corrected chi connectivity index (χ3v) is 4.25. The van der Waals surface area contributed by atoms with Gasteiger partial charge in [-0.25, -0.2) is 0 Å². The fourth-order valence-corrected chi connectivity index (χ4v) is 2.89. The largest absolute Gasteiger partial charge is 0.488 e. The molecule has 20 heavy (non-hydrogen) atoms. The second-order valence-electron chi connectivity index (χ2n) is 5.28. The SMILES string of the molecule is CCC(C)N(CC(=O)O)CC1Cc2cc(Br)ccc2O1. The van der Waals surface area contributed by atoms with Gasteiger partial charge in [0, 0.05) is 23.5 Å². The molecule has 0 bridgehead atoms. The summed E-state index contributed by atoms with van der Waals surface area (Å²) in [6.45, 7) is 4.84. The van der Waals surface area contributed by atoms with Crippen molar-refractivity contribution < 1.29 is 14.6 Å². The van der Waals surface area contributed by atoms with E-state index in [1.807, 2.05) is 17.0 Å². The number of benzene rings is 1. The van der Waals surface area contributed by atoms with E-state index in [0.29, 0.717) is 6.54 Å². The van der Waals surface area contributed by atoms with E-state index < -0.39 is 5.97 Å². The number of ether oxygens (including phenoxy) is 1. The van der Waals surface area contributed by atoms with E-state index in [-0.39, 0.29) is 18.7 Å². The number of aliphatic carboxylic acids is 1. The topological polar surface area (TPSA) is 49.8 Å². The smallest absolute Gasteiger partial charge is 0.317 e. The molecule has 0 fully saturated rings. The van der Waals surface area contributed by atoms with Gasteiger partial charge in [0.25, 0.3) is 0 Å². The molecule has 0 aromatic heterocycles. The molecule has 110 valence electrons. The van der Waals surface area contributed by atoms with Gasteiger partial charge in [-0.15, -0.1) is 0 Å². The molecular weight excluding hydrogens is 322 g/mol. The molecule has 0 saturated heterocycles. The molecule has 4 nitrogen and oxygen atoms in total. The minimum atomic E-state index is -0.788. The Bertz CT molecular complexity index is 492. The van der Waals surface area contributed by atoms with E-state index in [2.05, 4.69) is 35.8 Å². The zero-order valence-electron chi connectivity index (χ0n) is 11.8. The van der Waals surface area contributed by atoms with Gasteiger partial charge in [0.15, 0.2) is 0 Å². The molecule has 0 spiro atoms. The maximum absolute atomic E-state index is 11.0. The molecule has 2 rings (SSSR count). The number of fused-ring (bicyclic) bond motifs is 1. The van der Waals surface area contributed by atoms with Gasteiger partial charge in [-0.3, -0.25) is 9.69 Å². The Morgan fingerprint density at radius 1 is 1.60 bits per heavy atom. The number of halogens is 1. The fraction of sp³-hybridized carbons (Fsp3) is 0.533.